The number of amides is 2. The highest BCUT2D eigenvalue weighted by Crippen LogP contribution is 2.08. The van der Waals surface area contributed by atoms with Crippen molar-refractivity contribution in [2.24, 2.45) is 4.99 Å². The molecule has 1 N–H and O–H groups in total. The van der Waals surface area contributed by atoms with Crippen LogP contribution in [-0.4, -0.2) is 16.4 Å². The maximum absolute atomic E-state index is 12.4. The molecule has 2 heterocycles. The summed E-state index contributed by atoms with van der Waals surface area (Å²) in [6, 6.07) is 10.3. The monoisotopic (exact) mass is 369 g/mol. The van der Waals surface area contributed by atoms with E-state index in [2.05, 4.69) is 10.3 Å². The number of aromatic nitrogens is 1. The minimum absolute atomic E-state index is 0.177. The number of hydrogen-bond acceptors (Lipinski definition) is 4. The minimum atomic E-state index is -0.499. The van der Waals surface area contributed by atoms with Gasteiger partial charge in [-0.2, -0.15) is 4.99 Å². The van der Waals surface area contributed by atoms with Crippen LogP contribution < -0.4 is 10.1 Å². The predicted molar refractivity (Wildman–Crippen MR) is 98.6 cm³/mol. The Hall–Kier alpha value is -2.93. The van der Waals surface area contributed by atoms with Crippen LogP contribution in [0.25, 0.3) is 0 Å². The van der Waals surface area contributed by atoms with E-state index in [1.54, 1.807) is 53.6 Å². The molecule has 0 aliphatic heterocycles. The normalized spacial score (nSPS) is 12.8. The molecule has 0 saturated heterocycles. The van der Waals surface area contributed by atoms with E-state index in [9.17, 15) is 9.59 Å². The topological polar surface area (TPSA) is 76.6 Å². The van der Waals surface area contributed by atoms with Crippen molar-refractivity contribution < 1.29 is 14.0 Å². The van der Waals surface area contributed by atoms with Gasteiger partial charge >= 0.3 is 0 Å². The first-order chi connectivity index (χ1) is 12.5. The number of carbonyl (C=O) groups is 2. The Labute approximate surface area is 154 Å². The molecule has 0 aliphatic rings. The molecule has 3 aromatic rings. The highest BCUT2D eigenvalue weighted by atomic mass is 32.1. The zero-order valence-corrected chi connectivity index (χ0v) is 15.3. The highest BCUT2D eigenvalue weighted by Gasteiger charge is 2.16. The summed E-state index contributed by atoms with van der Waals surface area (Å²) in [5.41, 5.74) is 1.60. The summed E-state index contributed by atoms with van der Waals surface area (Å²) in [6.07, 6.45) is 3.31. The van der Waals surface area contributed by atoms with Crippen LogP contribution in [0.1, 0.15) is 34.6 Å². The van der Waals surface area contributed by atoms with Gasteiger partial charge in [0.2, 0.25) is 5.91 Å². The molecule has 6 nitrogen and oxygen atoms in total. The Balaban J connectivity index is 1.75. The Kier molecular flexibility index (Phi) is 5.48. The smallest absolute Gasteiger partial charge is 0.279 e. The number of furan rings is 1. The summed E-state index contributed by atoms with van der Waals surface area (Å²) in [5.74, 6) is 0.175. The van der Waals surface area contributed by atoms with Gasteiger partial charge in [-0.3, -0.25) is 9.59 Å². The Morgan fingerprint density at radius 2 is 2.04 bits per heavy atom. The van der Waals surface area contributed by atoms with Crippen molar-refractivity contribution in [3.63, 3.8) is 0 Å². The number of aryl methyl sites for hydroxylation is 1. The van der Waals surface area contributed by atoms with Crippen molar-refractivity contribution in [1.82, 2.24) is 9.88 Å². The largest absolute Gasteiger partial charge is 0.467 e. The average Bonchev–Trinajstić information content (AvgIpc) is 3.31. The summed E-state index contributed by atoms with van der Waals surface area (Å²) in [5, 5.41) is 4.62. The van der Waals surface area contributed by atoms with Crippen molar-refractivity contribution in [1.29, 1.82) is 0 Å². The van der Waals surface area contributed by atoms with Crippen LogP contribution in [0.4, 0.5) is 0 Å². The highest BCUT2D eigenvalue weighted by molar-refractivity contribution is 7.07. The third-order valence-corrected chi connectivity index (χ3v) is 4.70. The third-order valence-electron chi connectivity index (χ3n) is 3.93. The molecule has 26 heavy (non-hydrogen) atoms. The lowest BCUT2D eigenvalue weighted by atomic mass is 10.1. The van der Waals surface area contributed by atoms with Crippen LogP contribution in [0.2, 0.25) is 0 Å². The second kappa shape index (κ2) is 7.97. The number of thiazole rings is 1. The van der Waals surface area contributed by atoms with Crippen LogP contribution in [0.5, 0.6) is 0 Å². The van der Waals surface area contributed by atoms with Crippen LogP contribution in [0, 0.1) is 6.92 Å². The number of benzene rings is 1. The van der Waals surface area contributed by atoms with Crippen molar-refractivity contribution in [2.75, 3.05) is 0 Å². The summed E-state index contributed by atoms with van der Waals surface area (Å²) in [4.78, 5) is 29.4. The van der Waals surface area contributed by atoms with E-state index in [0.717, 1.165) is 5.56 Å². The maximum atomic E-state index is 12.4. The summed E-state index contributed by atoms with van der Waals surface area (Å²) < 4.78 is 6.89. The van der Waals surface area contributed by atoms with Crippen molar-refractivity contribution in [3.05, 3.63) is 75.9 Å². The number of nitrogens with one attached hydrogen (secondary N) is 1. The van der Waals surface area contributed by atoms with Gasteiger partial charge in [0, 0.05) is 17.1 Å². The van der Waals surface area contributed by atoms with Gasteiger partial charge in [0.15, 0.2) is 4.80 Å². The van der Waals surface area contributed by atoms with E-state index < -0.39 is 6.04 Å². The van der Waals surface area contributed by atoms with E-state index in [-0.39, 0.29) is 11.8 Å². The van der Waals surface area contributed by atoms with E-state index in [0.29, 0.717) is 22.7 Å². The van der Waals surface area contributed by atoms with E-state index in [4.69, 9.17) is 4.42 Å². The first-order valence-corrected chi connectivity index (χ1v) is 9.04. The summed E-state index contributed by atoms with van der Waals surface area (Å²) in [6.45, 7) is 4.04. The van der Waals surface area contributed by atoms with Crippen LogP contribution in [-0.2, 0) is 11.3 Å². The molecule has 3 rings (SSSR count). The fourth-order valence-corrected chi connectivity index (χ4v) is 3.16. The number of carbonyl (C=O) groups excluding carboxylic acids is 2. The zero-order valence-electron chi connectivity index (χ0n) is 14.5. The minimum Gasteiger partial charge on any atom is -0.467 e. The molecule has 2 amide bonds. The lowest BCUT2D eigenvalue weighted by molar-refractivity contribution is -0.124. The van der Waals surface area contributed by atoms with Crippen molar-refractivity contribution in [3.8, 4) is 0 Å². The zero-order chi connectivity index (χ0) is 18.5. The van der Waals surface area contributed by atoms with Gasteiger partial charge in [-0.05, 0) is 38.1 Å². The molecular weight excluding hydrogens is 350 g/mol. The fraction of sp³-hybridized carbons (Fsp3) is 0.211. The molecule has 1 aromatic carbocycles. The molecule has 0 spiro atoms. The number of hydrogen-bond donors (Lipinski definition) is 1. The Morgan fingerprint density at radius 1 is 1.27 bits per heavy atom. The van der Waals surface area contributed by atoms with Gasteiger partial charge in [-0.1, -0.05) is 17.7 Å². The molecule has 0 aliphatic carbocycles. The number of rotatable bonds is 5. The SMILES string of the molecule is Cc1ccc(C(=O)N=c2sccn2[C@@H](C)C(=O)NCc2ccco2)cc1. The van der Waals surface area contributed by atoms with E-state index >= 15 is 0 Å². The second-order valence-electron chi connectivity index (χ2n) is 5.85. The average molecular weight is 369 g/mol. The van der Waals surface area contributed by atoms with Gasteiger partial charge < -0.3 is 14.3 Å². The first-order valence-electron chi connectivity index (χ1n) is 8.16. The molecular formula is C19H19N3O3S. The van der Waals surface area contributed by atoms with Gasteiger partial charge in [0.1, 0.15) is 11.8 Å². The molecule has 0 fully saturated rings. The van der Waals surface area contributed by atoms with Gasteiger partial charge in [0.05, 0.1) is 12.8 Å². The summed E-state index contributed by atoms with van der Waals surface area (Å²) in [7, 11) is 0. The van der Waals surface area contributed by atoms with Crippen LogP contribution in [0.15, 0.2) is 63.6 Å². The summed E-state index contributed by atoms with van der Waals surface area (Å²) >= 11 is 1.31. The molecule has 1 atom stereocenters. The molecule has 0 bridgehead atoms. The molecule has 134 valence electrons. The molecule has 0 unspecified atom stereocenters. The van der Waals surface area contributed by atoms with Crippen LogP contribution in [0.3, 0.4) is 0 Å². The maximum Gasteiger partial charge on any atom is 0.279 e. The molecule has 7 heteroatoms. The lowest BCUT2D eigenvalue weighted by Crippen LogP contribution is -2.34. The third kappa shape index (κ3) is 4.18. The Morgan fingerprint density at radius 3 is 2.73 bits per heavy atom. The van der Waals surface area contributed by atoms with E-state index in [1.165, 1.54) is 11.3 Å². The lowest BCUT2D eigenvalue weighted by Gasteiger charge is -2.13. The number of nitrogens with zero attached hydrogens (tertiary/aromatic N) is 2. The van der Waals surface area contributed by atoms with Gasteiger partial charge in [-0.25, -0.2) is 0 Å². The van der Waals surface area contributed by atoms with Crippen molar-refractivity contribution in [2.45, 2.75) is 26.4 Å². The standard InChI is InChI=1S/C19H19N3O3S/c1-13-5-7-15(8-6-13)18(24)21-19-22(9-11-26-19)14(2)17(23)20-12-16-4-3-10-25-16/h3-11,14H,12H2,1-2H3,(H,20,23)/t14-/m0/s1. The van der Waals surface area contributed by atoms with Gasteiger partial charge in [0.25, 0.3) is 5.91 Å². The molecule has 0 saturated carbocycles. The van der Waals surface area contributed by atoms with Crippen LogP contribution >= 0.6 is 11.3 Å². The molecule has 0 radical (unpaired) electrons. The van der Waals surface area contributed by atoms with Crippen molar-refractivity contribution >= 4 is 23.2 Å². The van der Waals surface area contributed by atoms with Gasteiger partial charge in [-0.15, -0.1) is 11.3 Å². The predicted octanol–water partition coefficient (Wildman–Crippen LogP) is 3.07. The second-order valence-corrected chi connectivity index (χ2v) is 6.72. The fourth-order valence-electron chi connectivity index (χ4n) is 2.37. The quantitative estimate of drug-likeness (QED) is 0.751. The Bertz CT molecular complexity index is 953. The first kappa shape index (κ1) is 17.9. The molecule has 2 aromatic heterocycles. The van der Waals surface area contributed by atoms with E-state index in [1.807, 2.05) is 19.1 Å².